The van der Waals surface area contributed by atoms with E-state index < -0.39 is 0 Å². The maximum Gasteiger partial charge on any atom is 0.147 e. The molecule has 1 aliphatic carbocycles. The summed E-state index contributed by atoms with van der Waals surface area (Å²) in [5.41, 5.74) is 0. The smallest absolute Gasteiger partial charge is 0.147 e. The summed E-state index contributed by atoms with van der Waals surface area (Å²) in [5.74, 6) is 0.547. The lowest BCUT2D eigenvalue weighted by molar-refractivity contribution is 0.188. The molecule has 1 fully saturated rings. The van der Waals surface area contributed by atoms with Gasteiger partial charge in [0, 0.05) is 7.05 Å². The molecule has 0 spiro atoms. The Bertz CT molecular complexity index is 332. The summed E-state index contributed by atoms with van der Waals surface area (Å²) < 4.78 is 0. The maximum absolute atomic E-state index is 6.13. The first-order valence-electron chi connectivity index (χ1n) is 5.63. The normalized spacial score (nSPS) is 28.4. The average Bonchev–Trinajstić information content (AvgIpc) is 2.32. The van der Waals surface area contributed by atoms with Gasteiger partial charge in [-0.25, -0.2) is 4.99 Å². The molecule has 0 aromatic carbocycles. The van der Waals surface area contributed by atoms with Crippen LogP contribution in [0.4, 0.5) is 0 Å². The van der Waals surface area contributed by atoms with Gasteiger partial charge in [-0.2, -0.15) is 0 Å². The molecule has 2 rings (SSSR count). The van der Waals surface area contributed by atoms with Gasteiger partial charge < -0.3 is 4.90 Å². The monoisotopic (exact) mass is 280 g/mol. The number of nitrogens with zero attached hydrogens (tertiary/aromatic N) is 2. The Kier molecular flexibility index (Phi) is 4.04. The fraction of sp³-hybridized carbons (Fsp3) is 0.727. The first-order valence-corrected chi connectivity index (χ1v) is 6.76. The van der Waals surface area contributed by atoms with Crippen LogP contribution < -0.4 is 0 Å². The van der Waals surface area contributed by atoms with Gasteiger partial charge in [-0.1, -0.05) is 54.1 Å². The Morgan fingerprint density at radius 3 is 2.38 bits per heavy atom. The van der Waals surface area contributed by atoms with Crippen molar-refractivity contribution in [3.8, 4) is 0 Å². The minimum Gasteiger partial charge on any atom is -0.342 e. The summed E-state index contributed by atoms with van der Waals surface area (Å²) in [4.78, 5) is 6.39. The summed E-state index contributed by atoms with van der Waals surface area (Å²) in [6.07, 6.45) is 6.33. The van der Waals surface area contributed by atoms with Crippen LogP contribution in [0, 0.1) is 5.92 Å². The van der Waals surface area contributed by atoms with E-state index in [0.29, 0.717) is 21.3 Å². The van der Waals surface area contributed by atoms with Crippen molar-refractivity contribution in [1.82, 2.24) is 4.90 Å². The van der Waals surface area contributed by atoms with Gasteiger partial charge in [-0.15, -0.1) is 0 Å². The quantitative estimate of drug-likeness (QED) is 0.660. The average molecular weight is 282 g/mol. The predicted octanol–water partition coefficient (Wildman–Crippen LogP) is 4.12. The molecule has 0 N–H and O–H groups in total. The molecule has 0 saturated heterocycles. The third-order valence-corrected chi connectivity index (χ3v) is 4.68. The van der Waals surface area contributed by atoms with Gasteiger partial charge in [0.15, 0.2) is 0 Å². The van der Waals surface area contributed by atoms with Crippen LogP contribution in [0.2, 0.25) is 0 Å². The zero-order valence-electron chi connectivity index (χ0n) is 9.22. The maximum atomic E-state index is 6.13. The van der Waals surface area contributed by atoms with Crippen LogP contribution in [0.15, 0.2) is 15.2 Å². The van der Waals surface area contributed by atoms with Crippen molar-refractivity contribution in [1.29, 1.82) is 0 Å². The minimum absolute atomic E-state index is 0.0581. The van der Waals surface area contributed by atoms with E-state index in [4.69, 9.17) is 34.8 Å². The molecule has 0 aromatic rings. The molecule has 2 aliphatic rings. The summed E-state index contributed by atoms with van der Waals surface area (Å²) in [6.45, 7) is 0. The second kappa shape index (κ2) is 5.16. The third kappa shape index (κ3) is 2.34. The molecule has 16 heavy (non-hydrogen) atoms. The first kappa shape index (κ1) is 12.5. The Morgan fingerprint density at radius 1 is 1.12 bits per heavy atom. The zero-order valence-corrected chi connectivity index (χ0v) is 11.5. The second-order valence-corrected chi connectivity index (χ2v) is 5.54. The van der Waals surface area contributed by atoms with Crippen LogP contribution in [0.3, 0.4) is 0 Å². The number of halogens is 3. The molecule has 0 aromatic heterocycles. The van der Waals surface area contributed by atoms with Crippen molar-refractivity contribution < 1.29 is 0 Å². The molecule has 1 aliphatic heterocycles. The molecular weight excluding hydrogens is 266 g/mol. The lowest BCUT2D eigenvalue weighted by Crippen LogP contribution is -2.39. The highest BCUT2D eigenvalue weighted by Crippen LogP contribution is 2.36. The largest absolute Gasteiger partial charge is 0.342 e. The fourth-order valence-electron chi connectivity index (χ4n) is 2.47. The van der Waals surface area contributed by atoms with E-state index >= 15 is 0 Å². The lowest BCUT2D eigenvalue weighted by Gasteiger charge is -2.37. The highest BCUT2D eigenvalue weighted by molar-refractivity contribution is 6.77. The molecule has 5 heteroatoms. The molecule has 1 saturated carbocycles. The standard InChI is InChI=1S/C11H15Cl3N2/c1-16-10(14)8(12)9(13)15-11(16)7-5-3-2-4-6-7/h7,11H,2-6H2,1H3. The Morgan fingerprint density at radius 2 is 1.75 bits per heavy atom. The van der Waals surface area contributed by atoms with Crippen LogP contribution in [-0.4, -0.2) is 23.3 Å². The number of aliphatic imine (C=N–C) groups is 1. The van der Waals surface area contributed by atoms with Gasteiger partial charge in [0.2, 0.25) is 0 Å². The number of allylic oxidation sites excluding steroid dienone is 1. The van der Waals surface area contributed by atoms with Crippen LogP contribution in [0.1, 0.15) is 32.1 Å². The van der Waals surface area contributed by atoms with Crippen molar-refractivity contribution in [3.63, 3.8) is 0 Å². The Labute approximate surface area is 111 Å². The highest BCUT2D eigenvalue weighted by atomic mass is 35.5. The van der Waals surface area contributed by atoms with E-state index in [2.05, 4.69) is 4.99 Å². The van der Waals surface area contributed by atoms with E-state index in [0.717, 1.165) is 0 Å². The molecular formula is C11H15Cl3N2. The van der Waals surface area contributed by atoms with Gasteiger partial charge >= 0.3 is 0 Å². The summed E-state index contributed by atoms with van der Waals surface area (Å²) in [6, 6.07) is 0. The van der Waals surface area contributed by atoms with Crippen LogP contribution in [0.25, 0.3) is 0 Å². The Hall–Kier alpha value is 0.0800. The van der Waals surface area contributed by atoms with Crippen LogP contribution >= 0.6 is 34.8 Å². The topological polar surface area (TPSA) is 15.6 Å². The summed E-state index contributed by atoms with van der Waals surface area (Å²) in [5, 5.41) is 1.22. The molecule has 90 valence electrons. The van der Waals surface area contributed by atoms with Gasteiger partial charge in [0.25, 0.3) is 0 Å². The number of rotatable bonds is 1. The second-order valence-electron chi connectivity index (χ2n) is 4.45. The molecule has 2 nitrogen and oxygen atoms in total. The van der Waals surface area contributed by atoms with Crippen molar-refractivity contribution in [2.75, 3.05) is 7.05 Å². The van der Waals surface area contributed by atoms with Crippen molar-refractivity contribution in [2.24, 2.45) is 10.9 Å². The highest BCUT2D eigenvalue weighted by Gasteiger charge is 2.32. The van der Waals surface area contributed by atoms with Crippen LogP contribution in [0.5, 0.6) is 0 Å². The first-order chi connectivity index (χ1) is 7.61. The fourth-order valence-corrected chi connectivity index (χ4v) is 3.08. The van der Waals surface area contributed by atoms with E-state index in [-0.39, 0.29) is 6.17 Å². The Balaban J connectivity index is 2.17. The van der Waals surface area contributed by atoms with E-state index in [1.807, 2.05) is 11.9 Å². The summed E-state index contributed by atoms with van der Waals surface area (Å²) in [7, 11) is 1.93. The van der Waals surface area contributed by atoms with Gasteiger partial charge in [0.1, 0.15) is 21.5 Å². The van der Waals surface area contributed by atoms with Crippen LogP contribution in [-0.2, 0) is 0 Å². The number of hydrogen-bond acceptors (Lipinski definition) is 2. The van der Waals surface area contributed by atoms with Gasteiger partial charge in [-0.05, 0) is 18.8 Å². The van der Waals surface area contributed by atoms with E-state index in [1.165, 1.54) is 32.1 Å². The molecule has 1 atom stereocenters. The van der Waals surface area contributed by atoms with Gasteiger partial charge in [-0.3, -0.25) is 0 Å². The molecule has 0 amide bonds. The SMILES string of the molecule is CN1C(Cl)=C(Cl)C(Cl)=NC1C1CCCCC1. The third-order valence-electron chi connectivity index (χ3n) is 3.39. The predicted molar refractivity (Wildman–Crippen MR) is 70.1 cm³/mol. The molecule has 1 heterocycles. The van der Waals surface area contributed by atoms with Crippen molar-refractivity contribution in [2.45, 2.75) is 38.3 Å². The lowest BCUT2D eigenvalue weighted by atomic mass is 9.86. The van der Waals surface area contributed by atoms with Gasteiger partial charge in [0.05, 0.1) is 0 Å². The van der Waals surface area contributed by atoms with E-state index in [1.54, 1.807) is 0 Å². The summed E-state index contributed by atoms with van der Waals surface area (Å²) >= 11 is 18.1. The molecule has 0 bridgehead atoms. The van der Waals surface area contributed by atoms with E-state index in [9.17, 15) is 0 Å². The minimum atomic E-state index is 0.0581. The molecule has 0 radical (unpaired) electrons. The molecule has 1 unspecified atom stereocenters. The zero-order chi connectivity index (χ0) is 11.7. The van der Waals surface area contributed by atoms with Crippen molar-refractivity contribution >= 4 is 40.0 Å². The van der Waals surface area contributed by atoms with Crippen molar-refractivity contribution in [3.05, 3.63) is 10.2 Å². The number of hydrogen-bond donors (Lipinski definition) is 0.